The summed E-state index contributed by atoms with van der Waals surface area (Å²) >= 11 is 5.03. The lowest BCUT2D eigenvalue weighted by Gasteiger charge is -2.29. The Bertz CT molecular complexity index is 4070. The molecular weight excluding hydrogens is 1250 g/mol. The van der Waals surface area contributed by atoms with Crippen molar-refractivity contribution in [3.8, 4) is 22.3 Å². The Hall–Kier alpha value is -6.36. The number of pyridine rings is 3. The van der Waals surface area contributed by atoms with Crippen LogP contribution in [0.2, 0.25) is 0 Å². The van der Waals surface area contributed by atoms with E-state index in [4.69, 9.17) is 38.6 Å². The number of methoxy groups -OCH3 is 2. The molecule has 6 aromatic heterocycles. The zero-order chi connectivity index (χ0) is 67.3. The highest BCUT2D eigenvalue weighted by molar-refractivity contribution is 7.19. The molecule has 0 unspecified atom stereocenters. The number of carboxylic acids is 1. The first-order valence-corrected chi connectivity index (χ1v) is 33.5. The molecule has 12 nitrogen and oxygen atoms in total. The van der Waals surface area contributed by atoms with Gasteiger partial charge in [-0.15, -0.1) is 34.0 Å². The van der Waals surface area contributed by atoms with Crippen molar-refractivity contribution in [3.63, 3.8) is 0 Å². The number of nitrogens with zero attached hydrogens (tertiary/aromatic N) is 3. The van der Waals surface area contributed by atoms with Crippen molar-refractivity contribution in [1.82, 2.24) is 15.0 Å². The number of esters is 2. The number of aryl methyl sites for hydroxylation is 10. The summed E-state index contributed by atoms with van der Waals surface area (Å²) in [7, 11) is 2.71. The van der Waals surface area contributed by atoms with E-state index in [-0.39, 0.29) is 5.97 Å². The van der Waals surface area contributed by atoms with Gasteiger partial charge in [-0.1, -0.05) is 24.3 Å². The standard InChI is InChI=1S/C26H28F3NO3S.C25H26F3NO3S.C20H27NO3S/c1-14-19(22(24(31)32-5)33-25(2,3)4)20(15-10-12-16(13-11-15)26(27,28)29)21-17-8-6-7-9-18(17)34-23(21)30-14;1-13-18(21(23(30)31)32-24(2,3)4)19(14-9-11-15(12-10-14)25(26,27)28)20-16-7-5-6-8-17(16)33-22(20)29-13;1-11-15(17(19(22)23-6)24-20(3,4)5)12(2)21-18-16(11)13-9-7-8-10-14(13)25-18/h10-13,22H,6-9H2,1-5H3;9-12,21H,5-8H2,1-4H3,(H,30,31);17H,7-10H2,1-6H3/t22-;21-;17-/m000/s1. The number of benzene rings is 2. The van der Waals surface area contributed by atoms with E-state index in [2.05, 4.69) is 6.92 Å². The van der Waals surface area contributed by atoms with Gasteiger partial charge < -0.3 is 28.8 Å². The van der Waals surface area contributed by atoms with Crippen molar-refractivity contribution in [2.45, 2.75) is 215 Å². The molecule has 0 saturated carbocycles. The average Bonchev–Trinajstić information content (AvgIpc) is 1.51. The molecule has 0 spiro atoms. The van der Waals surface area contributed by atoms with Crippen LogP contribution in [-0.2, 0) is 88.9 Å². The average molecular weight is 1330 g/mol. The second-order valence-electron chi connectivity index (χ2n) is 26.7. The van der Waals surface area contributed by atoms with Crippen LogP contribution in [0.15, 0.2) is 48.5 Å². The normalized spacial score (nSPS) is 15.5. The maximum atomic E-state index is 13.3. The molecule has 0 aliphatic heterocycles. The Morgan fingerprint density at radius 1 is 0.446 bits per heavy atom. The minimum Gasteiger partial charge on any atom is -0.479 e. The summed E-state index contributed by atoms with van der Waals surface area (Å²) in [6, 6.07) is 10.0. The molecule has 0 bridgehead atoms. The van der Waals surface area contributed by atoms with Crippen LogP contribution in [0.25, 0.3) is 52.9 Å². The minimum absolute atomic E-state index is 0.369. The predicted octanol–water partition coefficient (Wildman–Crippen LogP) is 19.1. The van der Waals surface area contributed by atoms with Gasteiger partial charge in [-0.25, -0.2) is 29.3 Å². The third-order valence-corrected chi connectivity index (χ3v) is 20.1. The second-order valence-corrected chi connectivity index (χ2v) is 30.0. The molecule has 6 heterocycles. The highest BCUT2D eigenvalue weighted by Crippen LogP contribution is 2.49. The van der Waals surface area contributed by atoms with E-state index in [0.29, 0.717) is 44.8 Å². The number of carbonyl (C=O) groups excluding carboxylic acids is 2. The fraction of sp³-hybridized carbons (Fsp3) is 0.493. The van der Waals surface area contributed by atoms with Crippen molar-refractivity contribution in [1.29, 1.82) is 0 Å². The highest BCUT2D eigenvalue weighted by Gasteiger charge is 2.39. The monoisotopic (exact) mass is 1330 g/mol. The molecule has 21 heteroatoms. The molecule has 2 aromatic carbocycles. The van der Waals surface area contributed by atoms with E-state index >= 15 is 0 Å². The van der Waals surface area contributed by atoms with Crippen LogP contribution in [0.4, 0.5) is 26.3 Å². The molecule has 0 radical (unpaired) electrons. The summed E-state index contributed by atoms with van der Waals surface area (Å²) in [5.41, 5.74) is 7.69. The number of thiophene rings is 3. The summed E-state index contributed by atoms with van der Waals surface area (Å²) in [4.78, 5) is 58.9. The van der Waals surface area contributed by atoms with E-state index in [0.717, 1.165) is 136 Å². The number of ether oxygens (including phenoxy) is 5. The number of carbonyl (C=O) groups is 3. The van der Waals surface area contributed by atoms with Gasteiger partial charge in [-0.3, -0.25) is 0 Å². The smallest absolute Gasteiger partial charge is 0.416 e. The largest absolute Gasteiger partial charge is 0.479 e. The number of fused-ring (bicyclic) bond motifs is 9. The van der Waals surface area contributed by atoms with Crippen LogP contribution in [0, 0.1) is 27.7 Å². The summed E-state index contributed by atoms with van der Waals surface area (Å²) in [6.07, 6.45) is 0.512. The molecule has 3 aliphatic carbocycles. The fourth-order valence-corrected chi connectivity index (χ4v) is 16.7. The Kier molecular flexibility index (Phi) is 20.7. The zero-order valence-electron chi connectivity index (χ0n) is 54.9. The Labute approximate surface area is 545 Å². The lowest BCUT2D eigenvalue weighted by atomic mass is 9.87. The molecule has 3 atom stereocenters. The van der Waals surface area contributed by atoms with Crippen LogP contribution < -0.4 is 0 Å². The topological polar surface area (TPSA) is 156 Å². The van der Waals surface area contributed by atoms with Crippen LogP contribution >= 0.6 is 34.0 Å². The first-order chi connectivity index (χ1) is 43.0. The second kappa shape index (κ2) is 27.2. The number of aliphatic carboxylic acids is 1. The summed E-state index contributed by atoms with van der Waals surface area (Å²) < 4.78 is 108. The van der Waals surface area contributed by atoms with Crippen molar-refractivity contribution >= 4 is 82.6 Å². The summed E-state index contributed by atoms with van der Waals surface area (Å²) in [6.45, 7) is 24.3. The van der Waals surface area contributed by atoms with E-state index in [1.54, 1.807) is 50.4 Å². The van der Waals surface area contributed by atoms with E-state index in [1.807, 2.05) is 66.7 Å². The highest BCUT2D eigenvalue weighted by atomic mass is 32.1. The van der Waals surface area contributed by atoms with Crippen LogP contribution in [0.1, 0.15) is 201 Å². The lowest BCUT2D eigenvalue weighted by Crippen LogP contribution is -2.29. The molecule has 0 saturated heterocycles. The first-order valence-electron chi connectivity index (χ1n) is 31.1. The SMILES string of the molecule is COC(=O)[C@@H](OC(C)(C)C)c1c(C)nc2sc3c(c2c1-c1ccc(C(F)(F)F)cc1)CCCC3.COC(=O)[C@@H](OC(C)(C)C)c1c(C)nc2sc3c(c2c1C)CCCC3.Cc1nc2sc3c(c2c(-c2ccc(C(F)(F)F)cc2)c1[C@H](OC(C)(C)C)C(=O)O)CCCC3. The fourth-order valence-electron chi connectivity index (χ4n) is 12.7. The third-order valence-electron chi connectivity index (χ3n) is 16.5. The van der Waals surface area contributed by atoms with Gasteiger partial charge in [0.15, 0.2) is 18.3 Å². The van der Waals surface area contributed by atoms with Gasteiger partial charge in [0.1, 0.15) is 14.5 Å². The van der Waals surface area contributed by atoms with Crippen molar-refractivity contribution in [2.75, 3.05) is 14.2 Å². The van der Waals surface area contributed by atoms with Gasteiger partial charge in [0.2, 0.25) is 0 Å². The maximum absolute atomic E-state index is 13.3. The number of hydrogen-bond acceptors (Lipinski definition) is 14. The molecule has 0 amide bonds. The zero-order valence-corrected chi connectivity index (χ0v) is 57.3. The number of alkyl halides is 6. The van der Waals surface area contributed by atoms with Crippen molar-refractivity contribution in [3.05, 3.63) is 130 Å². The lowest BCUT2D eigenvalue weighted by molar-refractivity contribution is -0.164. The van der Waals surface area contributed by atoms with Crippen LogP contribution in [0.5, 0.6) is 0 Å². The number of rotatable bonds is 11. The summed E-state index contributed by atoms with van der Waals surface area (Å²) in [5, 5.41) is 13.1. The number of hydrogen-bond donors (Lipinski definition) is 1. The van der Waals surface area contributed by atoms with Gasteiger partial charge in [0.25, 0.3) is 0 Å². The number of aromatic nitrogens is 3. The van der Waals surface area contributed by atoms with Gasteiger partial charge >= 0.3 is 30.3 Å². The molecule has 8 aromatic rings. The maximum Gasteiger partial charge on any atom is 0.416 e. The van der Waals surface area contributed by atoms with Gasteiger partial charge in [0.05, 0.1) is 42.1 Å². The summed E-state index contributed by atoms with van der Waals surface area (Å²) in [5.74, 6) is -2.10. The van der Waals surface area contributed by atoms with Gasteiger partial charge in [-0.05, 0) is 225 Å². The van der Waals surface area contributed by atoms with Gasteiger partial charge in [0, 0.05) is 75.7 Å². The molecule has 0 fully saturated rings. The van der Waals surface area contributed by atoms with E-state index in [9.17, 15) is 45.8 Å². The predicted molar refractivity (Wildman–Crippen MR) is 351 cm³/mol. The number of halogens is 6. The quantitative estimate of drug-likeness (QED) is 0.0967. The van der Waals surface area contributed by atoms with E-state index in [1.165, 1.54) is 82.5 Å². The Morgan fingerprint density at radius 3 is 1.07 bits per heavy atom. The first kappa shape index (κ1) is 70.0. The van der Waals surface area contributed by atoms with Crippen LogP contribution in [0.3, 0.4) is 0 Å². The molecule has 3 aliphatic rings. The molecule has 11 rings (SSSR count). The molecule has 494 valence electrons. The minimum atomic E-state index is -4.45. The Balaban J connectivity index is 0.000000165. The Morgan fingerprint density at radius 2 is 0.739 bits per heavy atom. The molecule has 92 heavy (non-hydrogen) atoms. The van der Waals surface area contributed by atoms with E-state index < -0.39 is 70.5 Å². The third kappa shape index (κ3) is 15.2. The molecule has 1 N–H and O–H groups in total. The van der Waals surface area contributed by atoms with Crippen LogP contribution in [-0.4, -0.2) is 69.0 Å². The van der Waals surface area contributed by atoms with Gasteiger partial charge in [-0.2, -0.15) is 26.3 Å². The van der Waals surface area contributed by atoms with Crippen molar-refractivity contribution < 1.29 is 69.5 Å². The molecular formula is C71H81F6N3O9S3. The van der Waals surface area contributed by atoms with Crippen molar-refractivity contribution in [2.24, 2.45) is 0 Å². The number of carboxylic acid groups (broad SMARTS) is 1.